The number of hydrogen-bond donors (Lipinski definition) is 3. The first-order valence-corrected chi connectivity index (χ1v) is 10.00. The zero-order valence-electron chi connectivity index (χ0n) is 15.6. The van der Waals surface area contributed by atoms with Crippen LogP contribution in [0.25, 0.3) is 10.8 Å². The Hall–Kier alpha value is -2.65. The summed E-state index contributed by atoms with van der Waals surface area (Å²) in [4.78, 5) is 20.4. The molecule has 0 radical (unpaired) electrons. The number of pyridine rings is 1. The summed E-state index contributed by atoms with van der Waals surface area (Å²) in [5.74, 6) is 3.64. The second-order valence-electron chi connectivity index (χ2n) is 6.55. The lowest BCUT2D eigenvalue weighted by atomic mass is 9.94. The summed E-state index contributed by atoms with van der Waals surface area (Å²) in [5, 5.41) is 11.0. The van der Waals surface area contributed by atoms with Crippen LogP contribution in [0.5, 0.6) is 5.75 Å². The lowest BCUT2D eigenvalue weighted by Gasteiger charge is -2.24. The Kier molecular flexibility index (Phi) is 6.07. The van der Waals surface area contributed by atoms with Gasteiger partial charge in [-0.05, 0) is 44.8 Å². The maximum atomic E-state index is 13.1. The normalized spacial score (nSPS) is 14.3. The molecular weight excluding hydrogens is 368 g/mol. The number of benzene rings is 1. The summed E-state index contributed by atoms with van der Waals surface area (Å²) >= 11 is 0. The summed E-state index contributed by atoms with van der Waals surface area (Å²) < 4.78 is 21.0. The fourth-order valence-electron chi connectivity index (χ4n) is 2.35. The predicted molar refractivity (Wildman–Crippen MR) is 108 cm³/mol. The second kappa shape index (κ2) is 7.93. The highest BCUT2D eigenvalue weighted by atomic mass is 32.2. The molecule has 9 heteroatoms. The molecule has 4 N–H and O–H groups in total. The van der Waals surface area contributed by atoms with E-state index in [1.54, 1.807) is 39.0 Å². The molecule has 1 aromatic heterocycles. The summed E-state index contributed by atoms with van der Waals surface area (Å²) in [6.07, 6.45) is 2.36. The van der Waals surface area contributed by atoms with Crippen LogP contribution in [0.1, 0.15) is 20.8 Å². The molecule has 1 aromatic carbocycles. The number of aromatic hydroxyl groups is 1. The Balaban J connectivity index is 2.37. The highest BCUT2D eigenvalue weighted by Crippen LogP contribution is 2.32. The predicted octanol–water partition coefficient (Wildman–Crippen LogP) is 1.73. The van der Waals surface area contributed by atoms with Gasteiger partial charge in [0.15, 0.2) is 5.82 Å². The van der Waals surface area contributed by atoms with Crippen molar-refractivity contribution in [3.8, 4) is 5.75 Å². The van der Waals surface area contributed by atoms with Crippen molar-refractivity contribution in [1.82, 2.24) is 9.71 Å². The van der Waals surface area contributed by atoms with Crippen molar-refractivity contribution >= 4 is 44.5 Å². The lowest BCUT2D eigenvalue weighted by Crippen LogP contribution is -2.39. The standard InChI is InChI=1S/C18H24N4O4S/c1-5-26-17(24)18(2,3)10-22-27(4,25)12-6-7-13-14(8-12)16(21-11-19)20-9-15(13)23/h6-9,11,23H,4-5,10H2,1-3H3,(H,22,25)(H2,19,20,21). The van der Waals surface area contributed by atoms with E-state index in [0.717, 1.165) is 6.34 Å². The number of carbonyl (C=O) groups is 1. The third kappa shape index (κ3) is 4.55. The van der Waals surface area contributed by atoms with Crippen LogP contribution in [0.15, 0.2) is 34.3 Å². The minimum absolute atomic E-state index is 0.0283. The molecule has 0 bridgehead atoms. The maximum absolute atomic E-state index is 13.1. The zero-order chi connectivity index (χ0) is 20.2. The van der Waals surface area contributed by atoms with Gasteiger partial charge in [-0.3, -0.25) is 4.79 Å². The van der Waals surface area contributed by atoms with Gasteiger partial charge >= 0.3 is 5.97 Å². The Morgan fingerprint density at radius 3 is 2.81 bits per heavy atom. The number of aliphatic imine (C=N–C) groups is 1. The van der Waals surface area contributed by atoms with Crippen LogP contribution < -0.4 is 10.5 Å². The number of nitrogens with two attached hydrogens (primary N) is 1. The molecule has 2 aromatic rings. The van der Waals surface area contributed by atoms with E-state index in [0.29, 0.717) is 15.7 Å². The molecule has 0 fully saturated rings. The Bertz CT molecular complexity index is 984. The number of nitrogens with one attached hydrogen (secondary N) is 1. The third-order valence-corrected chi connectivity index (χ3v) is 5.60. The van der Waals surface area contributed by atoms with Gasteiger partial charge < -0.3 is 15.6 Å². The molecule has 146 valence electrons. The number of rotatable bonds is 7. The van der Waals surface area contributed by atoms with Crippen LogP contribution in [0.2, 0.25) is 0 Å². The van der Waals surface area contributed by atoms with E-state index in [1.807, 2.05) is 0 Å². The van der Waals surface area contributed by atoms with Gasteiger partial charge in [-0.1, -0.05) is 0 Å². The molecule has 0 aliphatic rings. The second-order valence-corrected chi connectivity index (χ2v) is 8.66. The van der Waals surface area contributed by atoms with Crippen molar-refractivity contribution in [2.24, 2.45) is 16.1 Å². The van der Waals surface area contributed by atoms with Gasteiger partial charge in [-0.15, -0.1) is 0 Å². The number of hydrogen-bond acceptors (Lipinski definition) is 6. The number of esters is 1. The van der Waals surface area contributed by atoms with Crippen LogP contribution in [-0.2, 0) is 19.2 Å². The molecule has 0 saturated carbocycles. The molecular formula is C18H24N4O4S. The van der Waals surface area contributed by atoms with E-state index in [9.17, 15) is 14.1 Å². The summed E-state index contributed by atoms with van der Waals surface area (Å²) in [6.45, 7) is 5.51. The minimum Gasteiger partial charge on any atom is -0.506 e. The van der Waals surface area contributed by atoms with Crippen molar-refractivity contribution in [1.29, 1.82) is 0 Å². The zero-order valence-corrected chi connectivity index (χ0v) is 16.4. The highest BCUT2D eigenvalue weighted by Gasteiger charge is 2.30. The summed E-state index contributed by atoms with van der Waals surface area (Å²) in [6, 6.07) is 4.79. The number of carbonyl (C=O) groups excluding carboxylic acids is 1. The van der Waals surface area contributed by atoms with Crippen molar-refractivity contribution < 1.29 is 18.8 Å². The molecule has 27 heavy (non-hydrogen) atoms. The van der Waals surface area contributed by atoms with Gasteiger partial charge in [0.25, 0.3) is 0 Å². The molecule has 2 rings (SSSR count). The minimum atomic E-state index is -2.93. The fraction of sp³-hybridized carbons (Fsp3) is 0.333. The van der Waals surface area contributed by atoms with Gasteiger partial charge in [-0.2, -0.15) is 0 Å². The first-order valence-electron chi connectivity index (χ1n) is 8.27. The van der Waals surface area contributed by atoms with Crippen molar-refractivity contribution in [2.45, 2.75) is 25.7 Å². The summed E-state index contributed by atoms with van der Waals surface area (Å²) in [7, 11) is -2.93. The van der Waals surface area contributed by atoms with E-state index in [-0.39, 0.29) is 30.7 Å². The van der Waals surface area contributed by atoms with E-state index < -0.39 is 15.1 Å². The van der Waals surface area contributed by atoms with Gasteiger partial charge in [0.1, 0.15) is 5.75 Å². The topological polar surface area (TPSA) is 127 Å². The fourth-order valence-corrected chi connectivity index (χ4v) is 3.71. The average Bonchev–Trinajstić information content (AvgIpc) is 2.62. The van der Waals surface area contributed by atoms with Gasteiger partial charge in [-0.25, -0.2) is 18.9 Å². The van der Waals surface area contributed by atoms with Crippen LogP contribution in [0.4, 0.5) is 5.82 Å². The van der Waals surface area contributed by atoms with Crippen LogP contribution in [0, 0.1) is 5.41 Å². The summed E-state index contributed by atoms with van der Waals surface area (Å²) in [5.41, 5.74) is 4.47. The number of ether oxygens (including phenoxy) is 1. The van der Waals surface area contributed by atoms with E-state index >= 15 is 0 Å². The first kappa shape index (κ1) is 20.7. The van der Waals surface area contributed by atoms with Gasteiger partial charge in [0, 0.05) is 22.2 Å². The number of aromatic nitrogens is 1. The van der Waals surface area contributed by atoms with E-state index in [2.05, 4.69) is 20.6 Å². The van der Waals surface area contributed by atoms with E-state index in [4.69, 9.17) is 10.5 Å². The largest absolute Gasteiger partial charge is 0.506 e. The quantitative estimate of drug-likeness (QED) is 0.285. The van der Waals surface area contributed by atoms with Crippen molar-refractivity contribution in [3.05, 3.63) is 24.4 Å². The molecule has 0 amide bonds. The number of fused-ring (bicyclic) bond motifs is 1. The highest BCUT2D eigenvalue weighted by molar-refractivity contribution is 7.98. The van der Waals surface area contributed by atoms with Crippen LogP contribution in [-0.4, -0.2) is 45.6 Å². The number of nitrogens with zero attached hydrogens (tertiary/aromatic N) is 2. The molecule has 8 nitrogen and oxygen atoms in total. The molecule has 0 aliphatic carbocycles. The molecule has 0 aliphatic heterocycles. The smallest absolute Gasteiger partial charge is 0.312 e. The Morgan fingerprint density at radius 1 is 1.48 bits per heavy atom. The Morgan fingerprint density at radius 2 is 2.19 bits per heavy atom. The first-order chi connectivity index (χ1) is 12.6. The van der Waals surface area contributed by atoms with Crippen LogP contribution in [0.3, 0.4) is 0 Å². The molecule has 1 atom stereocenters. The van der Waals surface area contributed by atoms with Gasteiger partial charge in [0.05, 0.1) is 34.3 Å². The van der Waals surface area contributed by atoms with Crippen molar-refractivity contribution in [2.75, 3.05) is 13.2 Å². The average molecular weight is 392 g/mol. The third-order valence-electron chi connectivity index (χ3n) is 3.97. The molecule has 1 unspecified atom stereocenters. The monoisotopic (exact) mass is 392 g/mol. The van der Waals surface area contributed by atoms with Crippen molar-refractivity contribution in [3.63, 3.8) is 0 Å². The Labute approximate surface area is 158 Å². The molecule has 0 spiro atoms. The lowest BCUT2D eigenvalue weighted by molar-refractivity contribution is -0.152. The SMILES string of the molecule is C=S(=O)(NCC(C)(C)C(=O)OCC)c1ccc2c(O)cnc(N=CN)c2c1. The maximum Gasteiger partial charge on any atom is 0.312 e. The molecule has 1 heterocycles. The van der Waals surface area contributed by atoms with E-state index in [1.165, 1.54) is 6.20 Å². The van der Waals surface area contributed by atoms with Gasteiger partial charge in [0.2, 0.25) is 0 Å². The van der Waals surface area contributed by atoms with Crippen LogP contribution >= 0.6 is 0 Å². The molecule has 0 saturated heterocycles.